The van der Waals surface area contributed by atoms with Crippen LogP contribution in [0.1, 0.15) is 0 Å². The highest BCUT2D eigenvalue weighted by Gasteiger charge is 2.20. The van der Waals surface area contributed by atoms with Crippen LogP contribution in [0.4, 0.5) is 0 Å². The summed E-state index contributed by atoms with van der Waals surface area (Å²) in [7, 11) is 0. The number of hydrogen-bond acceptors (Lipinski definition) is 1. The molecule has 0 fully saturated rings. The Balaban J connectivity index is 1.37. The van der Waals surface area contributed by atoms with E-state index < -0.39 is 0 Å². The smallest absolute Gasteiger partial charge is 0.0708 e. The Morgan fingerprint density at radius 3 is 1.52 bits per heavy atom. The average Bonchev–Trinajstić information content (AvgIpc) is 3.10. The number of aromatic nitrogens is 1. The molecule has 0 atom stereocenters. The van der Waals surface area contributed by atoms with E-state index in [9.17, 15) is 0 Å². The number of nitrogens with zero attached hydrogens (tertiary/aromatic N) is 1. The summed E-state index contributed by atoms with van der Waals surface area (Å²) in [6, 6.07) is 57.1. The van der Waals surface area contributed by atoms with E-state index in [1.807, 2.05) is 0 Å². The molecule has 0 unspecified atom stereocenters. The summed E-state index contributed by atoms with van der Waals surface area (Å²) in [6.07, 6.45) is 2.09. The minimum Gasteiger partial charge on any atom is -0.256 e. The molecule has 1 aromatic heterocycles. The van der Waals surface area contributed by atoms with E-state index in [2.05, 4.69) is 164 Å². The van der Waals surface area contributed by atoms with Crippen molar-refractivity contribution >= 4 is 54.0 Å². The van der Waals surface area contributed by atoms with Gasteiger partial charge in [0.05, 0.1) is 5.52 Å². The van der Waals surface area contributed by atoms with Crippen molar-refractivity contribution in [2.45, 2.75) is 0 Å². The number of hydrogen-bond donors (Lipinski definition) is 0. The minimum absolute atomic E-state index is 1.01. The molecule has 0 aliphatic heterocycles. The quantitative estimate of drug-likeness (QED) is 0.155. The average molecular weight is 558 g/mol. The molecule has 1 heteroatoms. The van der Waals surface area contributed by atoms with Crippen LogP contribution in [0.2, 0.25) is 0 Å². The first kappa shape index (κ1) is 24.8. The summed E-state index contributed by atoms with van der Waals surface area (Å²) in [5.74, 6) is 0. The predicted molar refractivity (Wildman–Crippen MR) is 188 cm³/mol. The van der Waals surface area contributed by atoms with E-state index in [0.717, 1.165) is 5.52 Å². The van der Waals surface area contributed by atoms with Gasteiger partial charge in [0.1, 0.15) is 0 Å². The maximum atomic E-state index is 5.00. The Hall–Kier alpha value is -5.79. The molecule has 9 aromatic rings. The standard InChI is InChI=1S/C43H27N/c1-3-15-32-28(11-1)13-9-20-33(32)30-23-25-31(26-24-30)41-36-17-5-6-18-37(36)42(35-21-10-14-29-12-2-4-16-34(29)35)43-38-19-7-8-22-40(38)44-27-39(41)43/h1-27H. The van der Waals surface area contributed by atoms with Gasteiger partial charge in [-0.1, -0.05) is 152 Å². The van der Waals surface area contributed by atoms with Gasteiger partial charge in [-0.25, -0.2) is 0 Å². The topological polar surface area (TPSA) is 12.9 Å². The van der Waals surface area contributed by atoms with Crippen molar-refractivity contribution in [2.24, 2.45) is 0 Å². The molecule has 0 saturated carbocycles. The van der Waals surface area contributed by atoms with Crippen LogP contribution in [0.15, 0.2) is 164 Å². The lowest BCUT2D eigenvalue weighted by atomic mass is 9.84. The van der Waals surface area contributed by atoms with Crippen LogP contribution in [-0.2, 0) is 0 Å². The Morgan fingerprint density at radius 2 is 0.818 bits per heavy atom. The molecule has 1 nitrogen and oxygen atoms in total. The van der Waals surface area contributed by atoms with E-state index in [1.165, 1.54) is 81.9 Å². The lowest BCUT2D eigenvalue weighted by Crippen LogP contribution is -1.94. The van der Waals surface area contributed by atoms with Gasteiger partial charge in [0.25, 0.3) is 0 Å². The molecule has 0 radical (unpaired) electrons. The van der Waals surface area contributed by atoms with Crippen LogP contribution in [0.25, 0.3) is 87.4 Å². The maximum Gasteiger partial charge on any atom is 0.0708 e. The van der Waals surface area contributed by atoms with Gasteiger partial charge in [-0.05, 0) is 71.8 Å². The predicted octanol–water partition coefficient (Wildman–Crippen LogP) is 11.8. The zero-order chi connectivity index (χ0) is 29.0. The Labute approximate surface area is 255 Å². The van der Waals surface area contributed by atoms with Gasteiger partial charge in [-0.15, -0.1) is 0 Å². The zero-order valence-corrected chi connectivity index (χ0v) is 24.0. The van der Waals surface area contributed by atoms with Crippen molar-refractivity contribution in [2.75, 3.05) is 0 Å². The second-order valence-corrected chi connectivity index (χ2v) is 11.5. The first-order valence-electron chi connectivity index (χ1n) is 15.1. The fraction of sp³-hybridized carbons (Fsp3) is 0. The van der Waals surface area contributed by atoms with E-state index in [1.54, 1.807) is 0 Å². The Kier molecular flexibility index (Phi) is 5.57. The Bertz CT molecular complexity index is 2530. The van der Waals surface area contributed by atoms with Crippen LogP contribution in [0, 0.1) is 0 Å². The van der Waals surface area contributed by atoms with Gasteiger partial charge in [0, 0.05) is 22.4 Å². The molecular formula is C43H27N. The first-order valence-corrected chi connectivity index (χ1v) is 15.1. The molecule has 1 heterocycles. The van der Waals surface area contributed by atoms with Crippen LogP contribution in [0.3, 0.4) is 0 Å². The fourth-order valence-electron chi connectivity index (χ4n) is 7.13. The number of fused-ring (bicyclic) bond motifs is 6. The van der Waals surface area contributed by atoms with Crippen molar-refractivity contribution < 1.29 is 0 Å². The third-order valence-corrected chi connectivity index (χ3v) is 9.09. The molecular weight excluding hydrogens is 530 g/mol. The van der Waals surface area contributed by atoms with Gasteiger partial charge in [0.2, 0.25) is 0 Å². The molecule has 9 rings (SSSR count). The van der Waals surface area contributed by atoms with Gasteiger partial charge in [-0.3, -0.25) is 4.98 Å². The molecule has 0 aliphatic carbocycles. The zero-order valence-electron chi connectivity index (χ0n) is 24.0. The van der Waals surface area contributed by atoms with Crippen molar-refractivity contribution in [3.05, 3.63) is 164 Å². The van der Waals surface area contributed by atoms with E-state index in [0.29, 0.717) is 0 Å². The maximum absolute atomic E-state index is 5.00. The number of pyridine rings is 1. The van der Waals surface area contributed by atoms with E-state index >= 15 is 0 Å². The minimum atomic E-state index is 1.01. The molecule has 0 spiro atoms. The third kappa shape index (κ3) is 3.76. The van der Waals surface area contributed by atoms with Gasteiger partial charge in [-0.2, -0.15) is 0 Å². The number of benzene rings is 8. The second-order valence-electron chi connectivity index (χ2n) is 11.5. The van der Waals surface area contributed by atoms with Crippen molar-refractivity contribution in [1.29, 1.82) is 0 Å². The van der Waals surface area contributed by atoms with E-state index in [-0.39, 0.29) is 0 Å². The number of para-hydroxylation sites is 1. The largest absolute Gasteiger partial charge is 0.256 e. The van der Waals surface area contributed by atoms with Crippen molar-refractivity contribution in [3.8, 4) is 33.4 Å². The van der Waals surface area contributed by atoms with Gasteiger partial charge < -0.3 is 0 Å². The highest BCUT2D eigenvalue weighted by Crippen LogP contribution is 2.47. The molecule has 0 amide bonds. The van der Waals surface area contributed by atoms with Crippen molar-refractivity contribution in [3.63, 3.8) is 0 Å². The molecule has 44 heavy (non-hydrogen) atoms. The molecule has 0 bridgehead atoms. The third-order valence-electron chi connectivity index (χ3n) is 9.09. The van der Waals surface area contributed by atoms with Crippen LogP contribution in [-0.4, -0.2) is 4.98 Å². The summed E-state index contributed by atoms with van der Waals surface area (Å²) in [5, 5.41) is 11.1. The highest BCUT2D eigenvalue weighted by atomic mass is 14.6. The van der Waals surface area contributed by atoms with Crippen LogP contribution < -0.4 is 0 Å². The highest BCUT2D eigenvalue weighted by molar-refractivity contribution is 6.28. The molecule has 0 saturated heterocycles. The summed E-state index contributed by atoms with van der Waals surface area (Å²) in [5.41, 5.74) is 8.41. The molecule has 0 N–H and O–H groups in total. The monoisotopic (exact) mass is 557 g/mol. The van der Waals surface area contributed by atoms with Crippen LogP contribution in [0.5, 0.6) is 0 Å². The molecule has 0 aliphatic rings. The lowest BCUT2D eigenvalue weighted by Gasteiger charge is -2.20. The molecule has 204 valence electrons. The SMILES string of the molecule is c1ccc2c(-c3ccc(-c4c5ccccc5c(-c5cccc6ccccc56)c5c4cnc4ccccc45)cc3)cccc2c1. The summed E-state index contributed by atoms with van der Waals surface area (Å²) in [4.78, 5) is 5.00. The van der Waals surface area contributed by atoms with Gasteiger partial charge >= 0.3 is 0 Å². The number of rotatable bonds is 3. The molecule has 8 aromatic carbocycles. The Morgan fingerprint density at radius 1 is 0.318 bits per heavy atom. The fourth-order valence-corrected chi connectivity index (χ4v) is 7.13. The summed E-state index contributed by atoms with van der Waals surface area (Å²) >= 11 is 0. The van der Waals surface area contributed by atoms with E-state index in [4.69, 9.17) is 4.98 Å². The lowest BCUT2D eigenvalue weighted by molar-refractivity contribution is 1.45. The van der Waals surface area contributed by atoms with Crippen molar-refractivity contribution in [1.82, 2.24) is 4.98 Å². The summed E-state index contributed by atoms with van der Waals surface area (Å²) < 4.78 is 0. The normalized spacial score (nSPS) is 11.6. The summed E-state index contributed by atoms with van der Waals surface area (Å²) in [6.45, 7) is 0. The van der Waals surface area contributed by atoms with Crippen LogP contribution >= 0.6 is 0 Å². The van der Waals surface area contributed by atoms with Gasteiger partial charge in [0.15, 0.2) is 0 Å². The first-order chi connectivity index (χ1) is 21.8. The second kappa shape index (κ2) is 9.90.